The van der Waals surface area contributed by atoms with Crippen LogP contribution in [0.4, 0.5) is 9.93 Å². The summed E-state index contributed by atoms with van der Waals surface area (Å²) in [7, 11) is 0. The van der Waals surface area contributed by atoms with Crippen molar-refractivity contribution in [2.45, 2.75) is 33.1 Å². The monoisotopic (exact) mass is 375 g/mol. The average molecular weight is 375 g/mol. The Hall–Kier alpha value is -2.48. The Labute approximate surface area is 157 Å². The van der Waals surface area contributed by atoms with Gasteiger partial charge in [0, 0.05) is 37.6 Å². The van der Waals surface area contributed by atoms with Crippen LogP contribution in [0.2, 0.25) is 0 Å². The van der Waals surface area contributed by atoms with Crippen LogP contribution in [-0.4, -0.2) is 41.4 Å². The Morgan fingerprint density at radius 3 is 2.62 bits per heavy atom. The highest BCUT2D eigenvalue weighted by Crippen LogP contribution is 2.22. The van der Waals surface area contributed by atoms with E-state index in [9.17, 15) is 9.59 Å². The fourth-order valence-electron chi connectivity index (χ4n) is 2.22. The number of thiazole rings is 1. The van der Waals surface area contributed by atoms with E-state index >= 15 is 0 Å². The highest BCUT2D eigenvalue weighted by molar-refractivity contribution is 7.17. The summed E-state index contributed by atoms with van der Waals surface area (Å²) < 4.78 is 0. The van der Waals surface area contributed by atoms with Crippen molar-refractivity contribution < 1.29 is 9.59 Å². The van der Waals surface area contributed by atoms with Gasteiger partial charge in [-0.1, -0.05) is 24.7 Å². The number of hydrogen-bond donors (Lipinski definition) is 3. The van der Waals surface area contributed by atoms with Gasteiger partial charge >= 0.3 is 6.03 Å². The minimum absolute atomic E-state index is 0.0634. The quantitative estimate of drug-likeness (QED) is 0.438. The van der Waals surface area contributed by atoms with Crippen LogP contribution in [0.5, 0.6) is 0 Å². The number of nitrogens with one attached hydrogen (secondary N) is 3. The van der Waals surface area contributed by atoms with Crippen LogP contribution >= 0.6 is 11.3 Å². The Morgan fingerprint density at radius 1 is 1.12 bits per heavy atom. The van der Waals surface area contributed by atoms with Gasteiger partial charge < -0.3 is 16.0 Å². The first-order valence-electron chi connectivity index (χ1n) is 8.78. The topological polar surface area (TPSA) is 96.0 Å². The molecular formula is C18H25N5O2S. The SMILES string of the molecule is CCCCNC(=O)NCCCNc1ncc(C(=O)c2cnccc2C)s1. The summed E-state index contributed by atoms with van der Waals surface area (Å²) in [6, 6.07) is 1.69. The Balaban J connectivity index is 1.71. The molecule has 0 aliphatic rings. The molecular weight excluding hydrogens is 350 g/mol. The Kier molecular flexibility index (Phi) is 8.01. The van der Waals surface area contributed by atoms with Crippen LogP contribution in [0, 0.1) is 6.92 Å². The molecule has 3 N–H and O–H groups in total. The number of nitrogens with zero attached hydrogens (tertiary/aromatic N) is 2. The van der Waals surface area contributed by atoms with Crippen molar-refractivity contribution in [2.24, 2.45) is 0 Å². The second kappa shape index (κ2) is 10.5. The smallest absolute Gasteiger partial charge is 0.314 e. The zero-order valence-corrected chi connectivity index (χ0v) is 16.0. The number of pyridine rings is 1. The van der Waals surface area contributed by atoms with E-state index in [0.717, 1.165) is 24.8 Å². The average Bonchev–Trinajstić information content (AvgIpc) is 3.10. The van der Waals surface area contributed by atoms with E-state index in [1.807, 2.05) is 13.0 Å². The van der Waals surface area contributed by atoms with Crippen molar-refractivity contribution in [2.75, 3.05) is 25.0 Å². The van der Waals surface area contributed by atoms with Crippen LogP contribution in [-0.2, 0) is 0 Å². The third kappa shape index (κ3) is 6.11. The Bertz CT molecular complexity index is 732. The zero-order valence-electron chi connectivity index (χ0n) is 15.2. The lowest BCUT2D eigenvalue weighted by atomic mass is 10.1. The molecule has 2 aromatic heterocycles. The maximum absolute atomic E-state index is 12.5. The number of carbonyl (C=O) groups is 2. The first kappa shape index (κ1) is 19.8. The summed E-state index contributed by atoms with van der Waals surface area (Å²) in [5.74, 6) is -0.0634. The molecule has 0 fully saturated rings. The van der Waals surface area contributed by atoms with Gasteiger partial charge in [-0.3, -0.25) is 9.78 Å². The van der Waals surface area contributed by atoms with E-state index < -0.39 is 0 Å². The highest BCUT2D eigenvalue weighted by atomic mass is 32.1. The molecule has 0 unspecified atom stereocenters. The van der Waals surface area contributed by atoms with Gasteiger partial charge in [-0.25, -0.2) is 9.78 Å². The lowest BCUT2D eigenvalue weighted by Crippen LogP contribution is -2.36. The zero-order chi connectivity index (χ0) is 18.8. The molecule has 2 amide bonds. The number of urea groups is 1. The second-order valence-corrected chi connectivity index (χ2v) is 6.90. The number of aryl methyl sites for hydroxylation is 1. The van der Waals surface area contributed by atoms with Crippen molar-refractivity contribution in [1.29, 1.82) is 0 Å². The lowest BCUT2D eigenvalue weighted by Gasteiger charge is -2.07. The van der Waals surface area contributed by atoms with Gasteiger partial charge in [0.05, 0.1) is 11.1 Å². The molecule has 0 atom stereocenters. The van der Waals surface area contributed by atoms with Crippen molar-refractivity contribution in [3.05, 3.63) is 40.7 Å². The van der Waals surface area contributed by atoms with Crippen LogP contribution in [0.25, 0.3) is 0 Å². The van der Waals surface area contributed by atoms with Crippen molar-refractivity contribution in [1.82, 2.24) is 20.6 Å². The van der Waals surface area contributed by atoms with Crippen molar-refractivity contribution in [3.8, 4) is 0 Å². The Morgan fingerprint density at radius 2 is 1.88 bits per heavy atom. The number of rotatable bonds is 10. The molecule has 26 heavy (non-hydrogen) atoms. The minimum Gasteiger partial charge on any atom is -0.361 e. The molecule has 0 radical (unpaired) electrons. The molecule has 2 heterocycles. The largest absolute Gasteiger partial charge is 0.361 e. The van der Waals surface area contributed by atoms with Gasteiger partial charge in [0.25, 0.3) is 0 Å². The van der Waals surface area contributed by atoms with E-state index in [0.29, 0.717) is 35.2 Å². The van der Waals surface area contributed by atoms with Crippen LogP contribution in [0.15, 0.2) is 24.7 Å². The number of ketones is 1. The van der Waals surface area contributed by atoms with Crippen molar-refractivity contribution >= 4 is 28.3 Å². The summed E-state index contributed by atoms with van der Waals surface area (Å²) >= 11 is 1.32. The van der Waals surface area contributed by atoms with E-state index in [2.05, 4.69) is 32.8 Å². The van der Waals surface area contributed by atoms with E-state index in [4.69, 9.17) is 0 Å². The maximum atomic E-state index is 12.5. The predicted octanol–water partition coefficient (Wildman–Crippen LogP) is 2.98. The predicted molar refractivity (Wildman–Crippen MR) is 104 cm³/mol. The third-order valence-electron chi connectivity index (χ3n) is 3.74. The molecule has 0 aliphatic carbocycles. The van der Waals surface area contributed by atoms with Gasteiger partial charge in [-0.2, -0.15) is 0 Å². The molecule has 0 aromatic carbocycles. The number of carbonyl (C=O) groups excluding carboxylic acids is 2. The van der Waals surface area contributed by atoms with E-state index in [1.165, 1.54) is 11.3 Å². The molecule has 2 rings (SSSR count). The number of amides is 2. The number of aromatic nitrogens is 2. The van der Waals surface area contributed by atoms with Gasteiger partial charge in [0.2, 0.25) is 5.78 Å². The fraction of sp³-hybridized carbons (Fsp3) is 0.444. The number of hydrogen-bond acceptors (Lipinski definition) is 6. The van der Waals surface area contributed by atoms with Gasteiger partial charge in [-0.15, -0.1) is 0 Å². The maximum Gasteiger partial charge on any atom is 0.314 e. The second-order valence-electron chi connectivity index (χ2n) is 5.87. The molecule has 7 nitrogen and oxygen atoms in total. The number of anilines is 1. The summed E-state index contributed by atoms with van der Waals surface area (Å²) in [5, 5.41) is 9.49. The third-order valence-corrected chi connectivity index (χ3v) is 4.70. The first-order valence-corrected chi connectivity index (χ1v) is 9.60. The summed E-state index contributed by atoms with van der Waals surface area (Å²) in [5.41, 5.74) is 1.50. The highest BCUT2D eigenvalue weighted by Gasteiger charge is 2.15. The standard InChI is InChI=1S/C18H25N5O2S/c1-3-4-7-20-17(25)21-8-5-9-22-18-23-12-15(26-18)16(24)14-11-19-10-6-13(14)2/h6,10-12H,3-5,7-9H2,1-2H3,(H,22,23)(H2,20,21,25). The van der Waals surface area contributed by atoms with Crippen LogP contribution < -0.4 is 16.0 Å². The lowest BCUT2D eigenvalue weighted by molar-refractivity contribution is 0.104. The molecule has 0 aliphatic heterocycles. The number of unbranched alkanes of at least 4 members (excludes halogenated alkanes) is 1. The summed E-state index contributed by atoms with van der Waals surface area (Å²) in [4.78, 5) is 32.8. The van der Waals surface area contributed by atoms with E-state index in [-0.39, 0.29) is 11.8 Å². The summed E-state index contributed by atoms with van der Waals surface area (Å²) in [6.45, 7) is 5.92. The first-order chi connectivity index (χ1) is 12.6. The van der Waals surface area contributed by atoms with Gasteiger partial charge in [0.1, 0.15) is 0 Å². The summed E-state index contributed by atoms with van der Waals surface area (Å²) in [6.07, 6.45) is 7.65. The molecule has 140 valence electrons. The van der Waals surface area contributed by atoms with E-state index in [1.54, 1.807) is 18.6 Å². The fourth-order valence-corrected chi connectivity index (χ4v) is 3.02. The molecule has 0 saturated carbocycles. The minimum atomic E-state index is -0.132. The van der Waals surface area contributed by atoms with Crippen LogP contribution in [0.3, 0.4) is 0 Å². The van der Waals surface area contributed by atoms with Gasteiger partial charge in [-0.05, 0) is 31.4 Å². The van der Waals surface area contributed by atoms with Gasteiger partial charge in [0.15, 0.2) is 5.13 Å². The molecule has 2 aromatic rings. The van der Waals surface area contributed by atoms with Crippen LogP contribution in [0.1, 0.15) is 47.0 Å². The van der Waals surface area contributed by atoms with Crippen molar-refractivity contribution in [3.63, 3.8) is 0 Å². The molecule has 8 heteroatoms. The molecule has 0 saturated heterocycles. The molecule has 0 spiro atoms. The molecule has 0 bridgehead atoms. The normalized spacial score (nSPS) is 10.4.